The third kappa shape index (κ3) is 6.59. The van der Waals surface area contributed by atoms with E-state index >= 15 is 0 Å². The van der Waals surface area contributed by atoms with E-state index in [0.29, 0.717) is 12.8 Å². The first kappa shape index (κ1) is 32.0. The van der Waals surface area contributed by atoms with Gasteiger partial charge in [0.25, 0.3) is 0 Å². The summed E-state index contributed by atoms with van der Waals surface area (Å²) in [6, 6.07) is 0. The van der Waals surface area contributed by atoms with Gasteiger partial charge in [-0.3, -0.25) is 0 Å². The summed E-state index contributed by atoms with van der Waals surface area (Å²) in [6.45, 7) is -3.17. The summed E-state index contributed by atoms with van der Waals surface area (Å²) < 4.78 is 169. The molecular weight excluding hydrogens is 492 g/mol. The van der Waals surface area contributed by atoms with E-state index < -0.39 is 87.1 Å². The zero-order valence-corrected chi connectivity index (χ0v) is 17.5. The largest absolute Gasteiger partial charge is 0.396 e. The molecule has 15 heteroatoms. The highest BCUT2D eigenvalue weighted by atomic mass is 19.4. The molecule has 0 aliphatic carbocycles. The molecule has 2 N–H and O–H groups in total. The van der Waals surface area contributed by atoms with Gasteiger partial charge in [0.05, 0.1) is 0 Å². The number of hydrogen-bond acceptors (Lipinski definition) is 3. The zero-order chi connectivity index (χ0) is 26.4. The Bertz CT molecular complexity index is 580. The van der Waals surface area contributed by atoms with Crippen molar-refractivity contribution in [2.75, 3.05) is 26.4 Å². The summed E-state index contributed by atoms with van der Waals surface area (Å²) in [4.78, 5) is 0. The lowest BCUT2D eigenvalue weighted by molar-refractivity contribution is -0.427. The second kappa shape index (κ2) is 11.6. The maximum atomic E-state index is 13.8. The Morgan fingerprint density at radius 2 is 1.09 bits per heavy atom. The summed E-state index contributed by atoms with van der Waals surface area (Å²) in [6.07, 6.45) is -3.11. The molecule has 3 nitrogen and oxygen atoms in total. The molecule has 0 fully saturated rings. The lowest BCUT2D eigenvalue weighted by Crippen LogP contribution is -2.71. The van der Waals surface area contributed by atoms with E-state index in [-0.39, 0.29) is 6.42 Å². The van der Waals surface area contributed by atoms with Gasteiger partial charge in [0.2, 0.25) is 0 Å². The molecule has 0 aromatic heterocycles. The van der Waals surface area contributed by atoms with Gasteiger partial charge in [-0.05, 0) is 19.3 Å². The van der Waals surface area contributed by atoms with Crippen LogP contribution in [0.2, 0.25) is 0 Å². The standard InChI is InChI=1S/C18H26F12O3/c1-2-3-4-8-33-11-14(21,22)16(25,26)18(29,30)17(27,28)15(23,24)13(19,20)7-5-6-12(9-31)10-32/h12,31-32H,2-11H2,1H3. The van der Waals surface area contributed by atoms with Crippen molar-refractivity contribution in [3.63, 3.8) is 0 Å². The highest BCUT2D eigenvalue weighted by Gasteiger charge is 2.89. The predicted octanol–water partition coefficient (Wildman–Crippen LogP) is 5.78. The molecule has 0 aromatic carbocycles. The third-order valence-electron chi connectivity index (χ3n) is 4.90. The van der Waals surface area contributed by atoms with Crippen LogP contribution in [0, 0.1) is 5.92 Å². The first-order chi connectivity index (χ1) is 14.8. The Balaban J connectivity index is 5.71. The fourth-order valence-corrected chi connectivity index (χ4v) is 2.61. The van der Waals surface area contributed by atoms with E-state index in [2.05, 4.69) is 4.74 Å². The Morgan fingerprint density at radius 1 is 0.636 bits per heavy atom. The Kier molecular flexibility index (Phi) is 11.3. The quantitative estimate of drug-likeness (QED) is 0.190. The second-order valence-electron chi connectivity index (χ2n) is 7.59. The fraction of sp³-hybridized carbons (Fsp3) is 1.00. The van der Waals surface area contributed by atoms with Crippen LogP contribution in [0.1, 0.15) is 45.4 Å². The number of unbranched alkanes of at least 4 members (excludes halogenated alkanes) is 2. The third-order valence-corrected chi connectivity index (χ3v) is 4.90. The van der Waals surface area contributed by atoms with Gasteiger partial charge in [-0.1, -0.05) is 19.8 Å². The maximum absolute atomic E-state index is 13.8. The van der Waals surface area contributed by atoms with E-state index in [4.69, 9.17) is 10.2 Å². The van der Waals surface area contributed by atoms with Crippen LogP contribution in [0.25, 0.3) is 0 Å². The van der Waals surface area contributed by atoms with E-state index in [1.54, 1.807) is 6.92 Å². The molecule has 0 saturated heterocycles. The topological polar surface area (TPSA) is 49.7 Å². The molecule has 0 aromatic rings. The molecule has 0 spiro atoms. The normalized spacial score (nSPS) is 14.9. The lowest BCUT2D eigenvalue weighted by atomic mass is 9.89. The maximum Gasteiger partial charge on any atom is 0.384 e. The van der Waals surface area contributed by atoms with Gasteiger partial charge in [0, 0.05) is 32.2 Å². The molecule has 0 amide bonds. The molecule has 0 rings (SSSR count). The van der Waals surface area contributed by atoms with Crippen molar-refractivity contribution in [3.8, 4) is 0 Å². The molecule has 0 unspecified atom stereocenters. The summed E-state index contributed by atoms with van der Waals surface area (Å²) in [5.74, 6) is -42.8. The van der Waals surface area contributed by atoms with Crippen molar-refractivity contribution in [2.45, 2.75) is 81.0 Å². The molecular formula is C18H26F12O3. The Morgan fingerprint density at radius 3 is 1.52 bits per heavy atom. The van der Waals surface area contributed by atoms with Gasteiger partial charge in [-0.25, -0.2) is 0 Å². The molecule has 0 atom stereocenters. The van der Waals surface area contributed by atoms with Gasteiger partial charge in [0.15, 0.2) is 0 Å². The molecule has 0 bridgehead atoms. The van der Waals surface area contributed by atoms with Crippen molar-refractivity contribution in [3.05, 3.63) is 0 Å². The highest BCUT2D eigenvalue weighted by Crippen LogP contribution is 2.60. The highest BCUT2D eigenvalue weighted by molar-refractivity contribution is 5.11. The molecule has 0 radical (unpaired) electrons. The summed E-state index contributed by atoms with van der Waals surface area (Å²) in [5, 5.41) is 17.5. The molecule has 0 heterocycles. The number of aliphatic hydroxyl groups excluding tert-OH is 2. The minimum atomic E-state index is -7.61. The monoisotopic (exact) mass is 518 g/mol. The van der Waals surface area contributed by atoms with Crippen LogP contribution in [0.3, 0.4) is 0 Å². The van der Waals surface area contributed by atoms with Crippen molar-refractivity contribution < 1.29 is 67.6 Å². The number of hydrogen-bond donors (Lipinski definition) is 2. The van der Waals surface area contributed by atoms with Crippen molar-refractivity contribution >= 4 is 0 Å². The van der Waals surface area contributed by atoms with Crippen LogP contribution in [0.4, 0.5) is 52.7 Å². The summed E-state index contributed by atoms with van der Waals surface area (Å²) >= 11 is 0. The zero-order valence-electron chi connectivity index (χ0n) is 17.5. The average Bonchev–Trinajstić information content (AvgIpc) is 2.70. The first-order valence-electron chi connectivity index (χ1n) is 9.87. The lowest BCUT2D eigenvalue weighted by Gasteiger charge is -2.41. The van der Waals surface area contributed by atoms with Gasteiger partial charge in [0.1, 0.15) is 6.61 Å². The van der Waals surface area contributed by atoms with E-state index in [9.17, 15) is 52.7 Å². The summed E-state index contributed by atoms with van der Waals surface area (Å²) in [5.41, 5.74) is 0. The number of ether oxygens (including phenoxy) is 1. The van der Waals surface area contributed by atoms with Crippen molar-refractivity contribution in [1.82, 2.24) is 0 Å². The predicted molar refractivity (Wildman–Crippen MR) is 91.5 cm³/mol. The van der Waals surface area contributed by atoms with Crippen LogP contribution < -0.4 is 0 Å². The van der Waals surface area contributed by atoms with Crippen LogP contribution in [0.15, 0.2) is 0 Å². The molecule has 0 aliphatic rings. The van der Waals surface area contributed by atoms with Gasteiger partial charge < -0.3 is 14.9 Å². The van der Waals surface area contributed by atoms with Crippen LogP contribution in [0.5, 0.6) is 0 Å². The number of alkyl halides is 12. The fourth-order valence-electron chi connectivity index (χ4n) is 2.61. The Labute approximate surface area is 182 Å². The van der Waals surface area contributed by atoms with Crippen LogP contribution in [-0.2, 0) is 4.74 Å². The van der Waals surface area contributed by atoms with Crippen molar-refractivity contribution in [2.24, 2.45) is 5.92 Å². The van der Waals surface area contributed by atoms with Gasteiger partial charge in [-0.2, -0.15) is 52.7 Å². The van der Waals surface area contributed by atoms with Crippen LogP contribution in [-0.4, -0.2) is 72.2 Å². The Hall–Kier alpha value is -0.960. The number of halogens is 12. The second-order valence-corrected chi connectivity index (χ2v) is 7.59. The molecule has 200 valence electrons. The smallest absolute Gasteiger partial charge is 0.384 e. The number of aliphatic hydroxyl groups is 2. The summed E-state index contributed by atoms with van der Waals surface area (Å²) in [7, 11) is 0. The molecule has 33 heavy (non-hydrogen) atoms. The van der Waals surface area contributed by atoms with Gasteiger partial charge in [-0.15, -0.1) is 0 Å². The SMILES string of the molecule is CCCCCOCC(F)(F)C(F)(F)C(F)(F)C(F)(F)C(F)(F)C(F)(F)CCCC(CO)CO. The molecule has 0 saturated carbocycles. The molecule has 0 aliphatic heterocycles. The van der Waals surface area contributed by atoms with Gasteiger partial charge >= 0.3 is 35.5 Å². The van der Waals surface area contributed by atoms with Crippen molar-refractivity contribution in [1.29, 1.82) is 0 Å². The minimum Gasteiger partial charge on any atom is -0.396 e. The van der Waals surface area contributed by atoms with Crippen LogP contribution >= 0.6 is 0 Å². The van der Waals surface area contributed by atoms with E-state index in [1.165, 1.54) is 0 Å². The number of rotatable bonds is 17. The average molecular weight is 518 g/mol. The first-order valence-corrected chi connectivity index (χ1v) is 9.87. The minimum absolute atomic E-state index is 0.0163. The van der Waals surface area contributed by atoms with E-state index in [0.717, 1.165) is 0 Å². The van der Waals surface area contributed by atoms with E-state index in [1.807, 2.05) is 0 Å².